The molecule has 0 saturated heterocycles. The van der Waals surface area contributed by atoms with Gasteiger partial charge in [0, 0.05) is 44.7 Å². The van der Waals surface area contributed by atoms with Crippen LogP contribution in [0.15, 0.2) is 48.5 Å². The number of hydrogen-bond donors (Lipinski definition) is 1. The first-order chi connectivity index (χ1) is 15.1. The molecule has 1 unspecified atom stereocenters. The Labute approximate surface area is 183 Å². The van der Waals surface area contributed by atoms with Crippen LogP contribution in [0, 0.1) is 6.92 Å². The van der Waals surface area contributed by atoms with Gasteiger partial charge in [0.25, 0.3) is 0 Å². The fourth-order valence-corrected chi connectivity index (χ4v) is 4.06. The van der Waals surface area contributed by atoms with Crippen LogP contribution in [0.4, 0.5) is 0 Å². The normalized spacial score (nSPS) is 15.2. The average Bonchev–Trinajstić information content (AvgIpc) is 3.08. The lowest BCUT2D eigenvalue weighted by Crippen LogP contribution is -2.30. The van der Waals surface area contributed by atoms with Gasteiger partial charge in [-0.15, -0.1) is 10.2 Å². The van der Waals surface area contributed by atoms with Crippen molar-refractivity contribution in [2.45, 2.75) is 52.2 Å². The largest absolute Gasteiger partial charge is 0.346 e. The number of nitrogens with zero attached hydrogens (tertiary/aromatic N) is 5. The monoisotopic (exact) mass is 418 g/mol. The minimum Gasteiger partial charge on any atom is -0.346 e. The second-order valence-corrected chi connectivity index (χ2v) is 8.20. The van der Waals surface area contributed by atoms with Gasteiger partial charge < -0.3 is 9.88 Å². The number of carbonyl (C=O) groups is 1. The van der Waals surface area contributed by atoms with Crippen LogP contribution in [0.1, 0.15) is 48.0 Å². The average molecular weight is 419 g/mol. The van der Waals surface area contributed by atoms with Crippen LogP contribution >= 0.6 is 0 Å². The Balaban J connectivity index is 1.33. The SMILES string of the molecule is Cc1cccc(CN2CCc3nnc(C(C)NC(=O)CCc4ccccc4)n3CC2)n1. The number of rotatable bonds is 7. The van der Waals surface area contributed by atoms with Crippen LogP contribution in [0.3, 0.4) is 0 Å². The predicted molar refractivity (Wildman–Crippen MR) is 119 cm³/mol. The van der Waals surface area contributed by atoms with Gasteiger partial charge in [-0.2, -0.15) is 0 Å². The molecule has 1 aromatic carbocycles. The zero-order chi connectivity index (χ0) is 21.6. The van der Waals surface area contributed by atoms with Gasteiger partial charge in [0.2, 0.25) is 5.91 Å². The van der Waals surface area contributed by atoms with Gasteiger partial charge in [0.05, 0.1) is 11.7 Å². The second kappa shape index (κ2) is 9.83. The summed E-state index contributed by atoms with van der Waals surface area (Å²) in [6, 6.07) is 16.1. The summed E-state index contributed by atoms with van der Waals surface area (Å²) >= 11 is 0. The van der Waals surface area contributed by atoms with Crippen LogP contribution in [0.25, 0.3) is 0 Å². The van der Waals surface area contributed by atoms with Crippen molar-refractivity contribution in [3.05, 3.63) is 77.1 Å². The van der Waals surface area contributed by atoms with E-state index in [1.165, 1.54) is 5.56 Å². The molecule has 7 nitrogen and oxygen atoms in total. The van der Waals surface area contributed by atoms with Gasteiger partial charge in [-0.05, 0) is 38.0 Å². The number of hydrogen-bond acceptors (Lipinski definition) is 5. The molecule has 162 valence electrons. The van der Waals surface area contributed by atoms with E-state index in [4.69, 9.17) is 0 Å². The van der Waals surface area contributed by atoms with Crippen molar-refractivity contribution in [1.29, 1.82) is 0 Å². The quantitative estimate of drug-likeness (QED) is 0.639. The number of benzene rings is 1. The Morgan fingerprint density at radius 1 is 1.06 bits per heavy atom. The van der Waals surface area contributed by atoms with E-state index < -0.39 is 0 Å². The number of carbonyl (C=O) groups excluding carboxylic acids is 1. The Kier molecular flexibility index (Phi) is 6.72. The first-order valence-electron chi connectivity index (χ1n) is 11.0. The molecule has 4 rings (SSSR count). The van der Waals surface area contributed by atoms with E-state index in [9.17, 15) is 4.79 Å². The summed E-state index contributed by atoms with van der Waals surface area (Å²) in [5.41, 5.74) is 3.31. The van der Waals surface area contributed by atoms with E-state index in [0.717, 1.165) is 62.1 Å². The fourth-order valence-electron chi connectivity index (χ4n) is 4.06. The Morgan fingerprint density at radius 2 is 1.90 bits per heavy atom. The van der Waals surface area contributed by atoms with E-state index in [0.29, 0.717) is 6.42 Å². The lowest BCUT2D eigenvalue weighted by Gasteiger charge is -2.20. The first-order valence-corrected chi connectivity index (χ1v) is 11.0. The molecule has 0 bridgehead atoms. The molecule has 3 heterocycles. The summed E-state index contributed by atoms with van der Waals surface area (Å²) in [6.45, 7) is 7.48. The fraction of sp³-hybridized carbons (Fsp3) is 0.417. The molecule has 1 aliphatic rings. The Morgan fingerprint density at radius 3 is 2.71 bits per heavy atom. The van der Waals surface area contributed by atoms with Gasteiger partial charge in [-0.3, -0.25) is 14.7 Å². The summed E-state index contributed by atoms with van der Waals surface area (Å²) < 4.78 is 2.17. The van der Waals surface area contributed by atoms with E-state index >= 15 is 0 Å². The lowest BCUT2D eigenvalue weighted by atomic mass is 10.1. The molecule has 0 aliphatic carbocycles. The number of nitrogens with one attached hydrogen (secondary N) is 1. The van der Waals surface area contributed by atoms with Crippen LogP contribution < -0.4 is 5.32 Å². The van der Waals surface area contributed by atoms with Crippen molar-refractivity contribution in [2.24, 2.45) is 0 Å². The summed E-state index contributed by atoms with van der Waals surface area (Å²) in [7, 11) is 0. The summed E-state index contributed by atoms with van der Waals surface area (Å²) in [5.74, 6) is 1.85. The van der Waals surface area contributed by atoms with Crippen molar-refractivity contribution >= 4 is 5.91 Å². The maximum absolute atomic E-state index is 12.5. The van der Waals surface area contributed by atoms with Crippen LogP contribution in [-0.2, 0) is 30.7 Å². The van der Waals surface area contributed by atoms with E-state index in [-0.39, 0.29) is 11.9 Å². The Hall–Kier alpha value is -3.06. The van der Waals surface area contributed by atoms with E-state index in [1.54, 1.807) is 0 Å². The second-order valence-electron chi connectivity index (χ2n) is 8.20. The topological polar surface area (TPSA) is 75.9 Å². The third kappa shape index (κ3) is 5.55. The number of aryl methyl sites for hydroxylation is 2. The van der Waals surface area contributed by atoms with Gasteiger partial charge in [-0.25, -0.2) is 0 Å². The molecule has 31 heavy (non-hydrogen) atoms. The Bertz CT molecular complexity index is 1020. The molecule has 0 fully saturated rings. The number of amides is 1. The highest BCUT2D eigenvalue weighted by atomic mass is 16.1. The molecule has 3 aromatic rings. The molecular formula is C24H30N6O. The first kappa shape index (κ1) is 21.2. The molecule has 0 spiro atoms. The van der Waals surface area contributed by atoms with Crippen molar-refractivity contribution in [2.75, 3.05) is 13.1 Å². The van der Waals surface area contributed by atoms with Gasteiger partial charge in [0.15, 0.2) is 5.82 Å². The minimum absolute atomic E-state index is 0.0365. The third-order valence-corrected chi connectivity index (χ3v) is 5.73. The van der Waals surface area contributed by atoms with Crippen LogP contribution in [0.5, 0.6) is 0 Å². The molecule has 0 saturated carbocycles. The minimum atomic E-state index is -0.172. The van der Waals surface area contributed by atoms with Crippen molar-refractivity contribution in [3.63, 3.8) is 0 Å². The number of pyridine rings is 1. The maximum atomic E-state index is 12.5. The van der Waals surface area contributed by atoms with Crippen molar-refractivity contribution < 1.29 is 4.79 Å². The smallest absolute Gasteiger partial charge is 0.220 e. The zero-order valence-electron chi connectivity index (χ0n) is 18.3. The standard InChI is InChI=1S/C24H30N6O/c1-18-7-6-10-21(25-18)17-29-14-13-22-27-28-24(30(22)16-15-29)19(2)26-23(31)12-11-20-8-4-3-5-9-20/h3-10,19H,11-17H2,1-2H3,(H,26,31). The highest BCUT2D eigenvalue weighted by molar-refractivity contribution is 5.76. The van der Waals surface area contributed by atoms with Gasteiger partial charge >= 0.3 is 0 Å². The van der Waals surface area contributed by atoms with Gasteiger partial charge in [-0.1, -0.05) is 36.4 Å². The number of fused-ring (bicyclic) bond motifs is 1. The van der Waals surface area contributed by atoms with Crippen LogP contribution in [0.2, 0.25) is 0 Å². The zero-order valence-corrected chi connectivity index (χ0v) is 18.3. The van der Waals surface area contributed by atoms with E-state index in [2.05, 4.69) is 42.1 Å². The molecule has 1 amide bonds. The molecule has 2 aromatic heterocycles. The third-order valence-electron chi connectivity index (χ3n) is 5.73. The summed E-state index contributed by atoms with van der Waals surface area (Å²) in [4.78, 5) is 19.5. The highest BCUT2D eigenvalue weighted by Crippen LogP contribution is 2.17. The maximum Gasteiger partial charge on any atom is 0.220 e. The molecular weight excluding hydrogens is 388 g/mol. The van der Waals surface area contributed by atoms with Gasteiger partial charge in [0.1, 0.15) is 5.82 Å². The highest BCUT2D eigenvalue weighted by Gasteiger charge is 2.23. The predicted octanol–water partition coefficient (Wildman–Crippen LogP) is 2.85. The molecule has 7 heteroatoms. The summed E-state index contributed by atoms with van der Waals surface area (Å²) in [6.07, 6.45) is 2.04. The van der Waals surface area contributed by atoms with Crippen LogP contribution in [-0.4, -0.2) is 43.6 Å². The lowest BCUT2D eigenvalue weighted by molar-refractivity contribution is -0.121. The van der Waals surface area contributed by atoms with E-state index in [1.807, 2.05) is 50.2 Å². The summed E-state index contributed by atoms with van der Waals surface area (Å²) in [5, 5.41) is 11.9. The molecule has 0 radical (unpaired) electrons. The molecule has 1 atom stereocenters. The van der Waals surface area contributed by atoms with Crippen molar-refractivity contribution in [3.8, 4) is 0 Å². The number of aromatic nitrogens is 4. The molecule has 1 aliphatic heterocycles. The van der Waals surface area contributed by atoms with Crippen molar-refractivity contribution in [1.82, 2.24) is 30.0 Å². The molecule has 1 N–H and O–H groups in total.